The van der Waals surface area contributed by atoms with E-state index in [1.807, 2.05) is 13.8 Å². The first-order valence-corrected chi connectivity index (χ1v) is 8.79. The highest BCUT2D eigenvalue weighted by Crippen LogP contribution is 2.37. The molecule has 2 aromatic rings. The van der Waals surface area contributed by atoms with E-state index in [1.54, 1.807) is 12.1 Å². The molecule has 2 rings (SSSR count). The quantitative estimate of drug-likeness (QED) is 0.356. The number of pyridine rings is 2. The maximum atomic E-state index is 12.9. The topological polar surface area (TPSA) is 82.9 Å². The van der Waals surface area contributed by atoms with Gasteiger partial charge in [0.1, 0.15) is 17.3 Å². The zero-order valence-corrected chi connectivity index (χ0v) is 16.6. The van der Waals surface area contributed by atoms with E-state index >= 15 is 0 Å². The van der Waals surface area contributed by atoms with Crippen LogP contribution in [0.25, 0.3) is 0 Å². The van der Waals surface area contributed by atoms with Gasteiger partial charge < -0.3 is 15.4 Å². The van der Waals surface area contributed by atoms with Crippen LogP contribution >= 0.6 is 28.1 Å². The maximum Gasteiger partial charge on any atom is 0.417 e. The second kappa shape index (κ2) is 8.61. The highest BCUT2D eigenvalue weighted by molar-refractivity contribution is 9.10. The Balaban J connectivity index is 2.04. The Morgan fingerprint density at radius 2 is 1.96 bits per heavy atom. The molecular formula is C16H15BrF3N5OS. The molecule has 0 aromatic carbocycles. The smallest absolute Gasteiger partial charge is 0.417 e. The Bertz CT molecular complexity index is 843. The molecule has 0 amide bonds. The van der Waals surface area contributed by atoms with Crippen molar-refractivity contribution in [1.82, 2.24) is 15.3 Å². The van der Waals surface area contributed by atoms with E-state index in [9.17, 15) is 13.2 Å². The standard InChI is InChI=1S/C16H15BrF3N5OS/c1-8(2)26-9-3-4-11(23-7-9)13(21)24-15(27)25-14-12(17)10(5-6-22-14)16(18,19)20/h3-8H,1-2H3,(H3,21,22,24,25,27). The van der Waals surface area contributed by atoms with Gasteiger partial charge in [-0.15, -0.1) is 0 Å². The van der Waals surface area contributed by atoms with Crippen LogP contribution in [0.5, 0.6) is 5.75 Å². The number of amidine groups is 1. The van der Waals surface area contributed by atoms with Gasteiger partial charge in [-0.2, -0.15) is 13.2 Å². The first-order chi connectivity index (χ1) is 12.6. The van der Waals surface area contributed by atoms with Gasteiger partial charge in [-0.05, 0) is 60.2 Å². The summed E-state index contributed by atoms with van der Waals surface area (Å²) < 4.78 is 44.0. The summed E-state index contributed by atoms with van der Waals surface area (Å²) in [5, 5.41) is 13.0. The van der Waals surface area contributed by atoms with E-state index in [0.29, 0.717) is 5.75 Å². The van der Waals surface area contributed by atoms with Crippen molar-refractivity contribution in [3.63, 3.8) is 0 Å². The average molecular weight is 462 g/mol. The Labute approximate surface area is 167 Å². The minimum Gasteiger partial charge on any atom is -0.489 e. The fourth-order valence-electron chi connectivity index (χ4n) is 1.94. The summed E-state index contributed by atoms with van der Waals surface area (Å²) in [6.45, 7) is 3.75. The van der Waals surface area contributed by atoms with Crippen molar-refractivity contribution in [2.24, 2.45) is 0 Å². The van der Waals surface area contributed by atoms with Gasteiger partial charge in [0.15, 0.2) is 10.9 Å². The van der Waals surface area contributed by atoms with Crippen LogP contribution in [0.2, 0.25) is 0 Å². The van der Waals surface area contributed by atoms with Crippen LogP contribution in [0.3, 0.4) is 0 Å². The zero-order chi connectivity index (χ0) is 20.2. The SMILES string of the molecule is CC(C)Oc1ccc(C(=N)NC(=S)Nc2nccc(C(F)(F)F)c2Br)nc1. The maximum absolute atomic E-state index is 12.9. The van der Waals surface area contributed by atoms with Crippen molar-refractivity contribution in [1.29, 1.82) is 5.41 Å². The molecule has 0 unspecified atom stereocenters. The number of nitrogens with one attached hydrogen (secondary N) is 3. The number of hydrogen-bond donors (Lipinski definition) is 3. The molecular weight excluding hydrogens is 447 g/mol. The average Bonchev–Trinajstić information content (AvgIpc) is 2.55. The highest BCUT2D eigenvalue weighted by Gasteiger charge is 2.34. The molecule has 0 aliphatic carbocycles. The fourth-order valence-corrected chi connectivity index (χ4v) is 2.69. The van der Waals surface area contributed by atoms with Crippen LogP contribution in [-0.4, -0.2) is 27.0 Å². The molecule has 144 valence electrons. The monoisotopic (exact) mass is 461 g/mol. The molecule has 0 radical (unpaired) electrons. The van der Waals surface area contributed by atoms with Crippen molar-refractivity contribution < 1.29 is 17.9 Å². The molecule has 2 heterocycles. The molecule has 0 bridgehead atoms. The third-order valence-electron chi connectivity index (χ3n) is 3.03. The van der Waals surface area contributed by atoms with Crippen molar-refractivity contribution in [2.45, 2.75) is 26.1 Å². The first kappa shape index (κ1) is 21.0. The van der Waals surface area contributed by atoms with Crippen LogP contribution in [-0.2, 0) is 6.18 Å². The number of nitrogens with zero attached hydrogens (tertiary/aromatic N) is 2. The number of ether oxygens (including phenoxy) is 1. The van der Waals surface area contributed by atoms with Crippen LogP contribution in [0, 0.1) is 5.41 Å². The van der Waals surface area contributed by atoms with Crippen LogP contribution in [0.15, 0.2) is 35.1 Å². The lowest BCUT2D eigenvalue weighted by Gasteiger charge is -2.15. The Kier molecular flexibility index (Phi) is 6.71. The minimum absolute atomic E-state index is 0.00888. The van der Waals surface area contributed by atoms with Crippen molar-refractivity contribution in [3.8, 4) is 5.75 Å². The molecule has 0 saturated heterocycles. The first-order valence-electron chi connectivity index (χ1n) is 7.59. The predicted octanol–water partition coefficient (Wildman–Crippen LogP) is 4.36. The summed E-state index contributed by atoms with van der Waals surface area (Å²) in [6, 6.07) is 4.06. The van der Waals surface area contributed by atoms with Gasteiger partial charge in [-0.3, -0.25) is 5.41 Å². The Morgan fingerprint density at radius 1 is 1.26 bits per heavy atom. The van der Waals surface area contributed by atoms with Gasteiger partial charge in [0.05, 0.1) is 22.3 Å². The third-order valence-corrected chi connectivity index (χ3v) is 4.04. The van der Waals surface area contributed by atoms with E-state index in [2.05, 4.69) is 36.5 Å². The van der Waals surface area contributed by atoms with Crippen molar-refractivity contribution in [2.75, 3.05) is 5.32 Å². The number of halogens is 4. The molecule has 3 N–H and O–H groups in total. The Hall–Kier alpha value is -2.27. The summed E-state index contributed by atoms with van der Waals surface area (Å²) in [7, 11) is 0. The van der Waals surface area contributed by atoms with Crippen LogP contribution in [0.4, 0.5) is 19.0 Å². The lowest BCUT2D eigenvalue weighted by molar-refractivity contribution is -0.138. The molecule has 0 saturated carbocycles. The number of hydrogen-bond acceptors (Lipinski definition) is 5. The van der Waals surface area contributed by atoms with Gasteiger partial charge in [-0.25, -0.2) is 9.97 Å². The molecule has 0 fully saturated rings. The summed E-state index contributed by atoms with van der Waals surface area (Å²) >= 11 is 7.91. The summed E-state index contributed by atoms with van der Waals surface area (Å²) in [4.78, 5) is 7.91. The molecule has 0 aliphatic heterocycles. The molecule has 0 atom stereocenters. The van der Waals surface area contributed by atoms with Crippen molar-refractivity contribution >= 4 is 44.9 Å². The predicted molar refractivity (Wildman–Crippen MR) is 103 cm³/mol. The highest BCUT2D eigenvalue weighted by atomic mass is 79.9. The number of alkyl halides is 3. The number of thiocarbonyl (C=S) groups is 1. The van der Waals surface area contributed by atoms with Crippen molar-refractivity contribution in [3.05, 3.63) is 46.3 Å². The summed E-state index contributed by atoms with van der Waals surface area (Å²) in [5.41, 5.74) is -0.605. The van der Waals surface area contributed by atoms with Gasteiger partial charge in [-0.1, -0.05) is 0 Å². The number of aromatic nitrogens is 2. The second-order valence-corrected chi connectivity index (χ2v) is 6.72. The minimum atomic E-state index is -4.54. The summed E-state index contributed by atoms with van der Waals surface area (Å²) in [5.74, 6) is 0.301. The third kappa shape index (κ3) is 5.86. The molecule has 6 nitrogen and oxygen atoms in total. The van der Waals surface area contributed by atoms with E-state index in [4.69, 9.17) is 22.4 Å². The lowest BCUT2D eigenvalue weighted by Crippen LogP contribution is -2.35. The van der Waals surface area contributed by atoms with Crippen LogP contribution < -0.4 is 15.4 Å². The molecule has 2 aromatic heterocycles. The van der Waals surface area contributed by atoms with Gasteiger partial charge in [0.25, 0.3) is 0 Å². The zero-order valence-electron chi connectivity index (χ0n) is 14.2. The second-order valence-electron chi connectivity index (χ2n) is 5.52. The summed E-state index contributed by atoms with van der Waals surface area (Å²) in [6.07, 6.45) is -2.07. The molecule has 27 heavy (non-hydrogen) atoms. The fraction of sp³-hybridized carbons (Fsp3) is 0.250. The van der Waals surface area contributed by atoms with E-state index < -0.39 is 11.7 Å². The molecule has 0 aliphatic rings. The number of anilines is 1. The van der Waals surface area contributed by atoms with E-state index in [0.717, 1.165) is 12.3 Å². The molecule has 11 heteroatoms. The number of rotatable bonds is 4. The van der Waals surface area contributed by atoms with E-state index in [-0.39, 0.29) is 33.0 Å². The normalized spacial score (nSPS) is 11.2. The Morgan fingerprint density at radius 3 is 2.52 bits per heavy atom. The van der Waals surface area contributed by atoms with Gasteiger partial charge in [0.2, 0.25) is 0 Å². The van der Waals surface area contributed by atoms with Crippen LogP contribution in [0.1, 0.15) is 25.1 Å². The lowest BCUT2D eigenvalue weighted by atomic mass is 10.2. The van der Waals surface area contributed by atoms with Gasteiger partial charge in [0, 0.05) is 6.20 Å². The molecule has 0 spiro atoms. The van der Waals surface area contributed by atoms with Gasteiger partial charge >= 0.3 is 6.18 Å². The largest absolute Gasteiger partial charge is 0.489 e. The van der Waals surface area contributed by atoms with E-state index in [1.165, 1.54) is 6.20 Å².